The quantitative estimate of drug-likeness (QED) is 0.747. The number of thioether (sulfide) groups is 1. The van der Waals surface area contributed by atoms with Gasteiger partial charge in [-0.3, -0.25) is 9.59 Å². The van der Waals surface area contributed by atoms with Crippen LogP contribution in [-0.4, -0.2) is 40.1 Å². The second-order valence-corrected chi connectivity index (χ2v) is 6.33. The molecule has 0 radical (unpaired) electrons. The van der Waals surface area contributed by atoms with Gasteiger partial charge in [0.25, 0.3) is 0 Å². The highest BCUT2D eigenvalue weighted by Crippen LogP contribution is 2.09. The Morgan fingerprint density at radius 3 is 2.60 bits per heavy atom. The molecule has 1 unspecified atom stereocenters. The van der Waals surface area contributed by atoms with Crippen LogP contribution in [0.4, 0.5) is 0 Å². The van der Waals surface area contributed by atoms with Crippen molar-refractivity contribution < 1.29 is 9.59 Å². The van der Waals surface area contributed by atoms with Gasteiger partial charge in [0.15, 0.2) is 0 Å². The lowest BCUT2D eigenvalue weighted by molar-refractivity contribution is -0.128. The van der Waals surface area contributed by atoms with E-state index in [1.807, 2.05) is 13.2 Å². The molecule has 1 atom stereocenters. The minimum absolute atomic E-state index is 0.178. The molecule has 0 bridgehead atoms. The van der Waals surface area contributed by atoms with Crippen LogP contribution in [0.15, 0.2) is 0 Å². The van der Waals surface area contributed by atoms with Crippen LogP contribution in [0.25, 0.3) is 0 Å². The van der Waals surface area contributed by atoms with Crippen molar-refractivity contribution in [3.8, 4) is 0 Å². The van der Waals surface area contributed by atoms with Gasteiger partial charge in [-0.15, -0.1) is 10.2 Å². The summed E-state index contributed by atoms with van der Waals surface area (Å²) in [6.07, 6.45) is 3.42. The number of nitrogens with zero attached hydrogens (tertiary/aromatic N) is 2. The fourth-order valence-corrected chi connectivity index (χ4v) is 2.73. The van der Waals surface area contributed by atoms with Crippen LogP contribution in [0.3, 0.4) is 0 Å². The van der Waals surface area contributed by atoms with Crippen molar-refractivity contribution in [1.82, 2.24) is 20.8 Å². The normalized spacial score (nSPS) is 11.9. The summed E-state index contributed by atoms with van der Waals surface area (Å²) in [7, 11) is 0. The van der Waals surface area contributed by atoms with Gasteiger partial charge in [0.05, 0.1) is 6.54 Å². The van der Waals surface area contributed by atoms with Crippen LogP contribution < -0.4 is 10.6 Å². The van der Waals surface area contributed by atoms with Crippen LogP contribution in [0.5, 0.6) is 0 Å². The van der Waals surface area contributed by atoms with Gasteiger partial charge in [-0.25, -0.2) is 0 Å². The number of carbonyl (C=O) groups is 2. The van der Waals surface area contributed by atoms with E-state index in [0.29, 0.717) is 13.0 Å². The van der Waals surface area contributed by atoms with E-state index in [1.165, 1.54) is 18.3 Å². The maximum atomic E-state index is 12.1. The van der Waals surface area contributed by atoms with Gasteiger partial charge in [-0.2, -0.15) is 11.8 Å². The summed E-state index contributed by atoms with van der Waals surface area (Å²) in [5.74, 6) is 0.440. The van der Waals surface area contributed by atoms with E-state index in [1.54, 1.807) is 11.8 Å². The number of hydrogen-bond acceptors (Lipinski definition) is 6. The molecule has 0 aromatic carbocycles. The predicted molar refractivity (Wildman–Crippen MR) is 81.7 cm³/mol. The zero-order chi connectivity index (χ0) is 15.0. The molecule has 20 heavy (non-hydrogen) atoms. The molecule has 1 heterocycles. The molecule has 0 aliphatic carbocycles. The smallest absolute Gasteiger partial charge is 0.242 e. The second-order valence-electron chi connectivity index (χ2n) is 4.20. The van der Waals surface area contributed by atoms with Crippen molar-refractivity contribution in [2.45, 2.75) is 39.3 Å². The topological polar surface area (TPSA) is 84.0 Å². The number of carbonyl (C=O) groups excluding carboxylic acids is 2. The highest BCUT2D eigenvalue weighted by Gasteiger charge is 2.19. The SMILES string of the molecule is CCc1nnc(CNC(=O)C(CCSC)NC(C)=O)s1. The average molecular weight is 316 g/mol. The maximum absolute atomic E-state index is 12.1. The largest absolute Gasteiger partial charge is 0.348 e. The number of nitrogens with one attached hydrogen (secondary N) is 2. The van der Waals surface area contributed by atoms with Crippen molar-refractivity contribution in [2.24, 2.45) is 0 Å². The summed E-state index contributed by atoms with van der Waals surface area (Å²) in [5, 5.41) is 15.2. The molecule has 1 aromatic rings. The molecule has 0 fully saturated rings. The Morgan fingerprint density at radius 2 is 2.05 bits per heavy atom. The van der Waals surface area contributed by atoms with Gasteiger partial charge in [0, 0.05) is 6.92 Å². The van der Waals surface area contributed by atoms with E-state index in [0.717, 1.165) is 22.2 Å². The first-order chi connectivity index (χ1) is 9.56. The van der Waals surface area contributed by atoms with Crippen molar-refractivity contribution in [3.63, 3.8) is 0 Å². The highest BCUT2D eigenvalue weighted by molar-refractivity contribution is 7.98. The Bertz CT molecular complexity index is 450. The summed E-state index contributed by atoms with van der Waals surface area (Å²) in [6.45, 7) is 3.78. The molecule has 112 valence electrons. The molecule has 1 rings (SSSR count). The molecular formula is C12H20N4O2S2. The fraction of sp³-hybridized carbons (Fsp3) is 0.667. The molecule has 0 saturated carbocycles. The third kappa shape index (κ3) is 5.87. The van der Waals surface area contributed by atoms with Gasteiger partial charge in [0.2, 0.25) is 11.8 Å². The number of amides is 2. The summed E-state index contributed by atoms with van der Waals surface area (Å²) in [4.78, 5) is 23.2. The lowest BCUT2D eigenvalue weighted by Gasteiger charge is -2.16. The van der Waals surface area contributed by atoms with Gasteiger partial charge < -0.3 is 10.6 Å². The Kier molecular flexibility index (Phi) is 7.53. The van der Waals surface area contributed by atoms with Gasteiger partial charge in [-0.1, -0.05) is 18.3 Å². The maximum Gasteiger partial charge on any atom is 0.242 e. The van der Waals surface area contributed by atoms with E-state index in [2.05, 4.69) is 20.8 Å². The van der Waals surface area contributed by atoms with E-state index >= 15 is 0 Å². The lowest BCUT2D eigenvalue weighted by Crippen LogP contribution is -2.46. The third-order valence-corrected chi connectivity index (χ3v) is 4.24. The van der Waals surface area contributed by atoms with Crippen molar-refractivity contribution in [3.05, 3.63) is 10.0 Å². The van der Waals surface area contributed by atoms with Crippen molar-refractivity contribution in [1.29, 1.82) is 0 Å². The minimum Gasteiger partial charge on any atom is -0.348 e. The second kappa shape index (κ2) is 8.91. The van der Waals surface area contributed by atoms with Crippen molar-refractivity contribution >= 4 is 34.9 Å². The Hall–Kier alpha value is -1.15. The van der Waals surface area contributed by atoms with Crippen LogP contribution in [0.2, 0.25) is 0 Å². The first-order valence-corrected chi connectivity index (χ1v) is 8.62. The van der Waals surface area contributed by atoms with Crippen LogP contribution in [0.1, 0.15) is 30.3 Å². The van der Waals surface area contributed by atoms with E-state index < -0.39 is 6.04 Å². The Balaban J connectivity index is 2.49. The fourth-order valence-electron chi connectivity index (χ4n) is 1.54. The van der Waals surface area contributed by atoms with Crippen LogP contribution in [0, 0.1) is 0 Å². The number of aryl methyl sites for hydroxylation is 1. The first kappa shape index (κ1) is 16.9. The molecule has 0 spiro atoms. The molecule has 0 saturated heterocycles. The molecule has 8 heteroatoms. The molecule has 6 nitrogen and oxygen atoms in total. The molecule has 0 aliphatic rings. The number of rotatable bonds is 8. The number of hydrogen-bond donors (Lipinski definition) is 2. The van der Waals surface area contributed by atoms with Crippen LogP contribution >= 0.6 is 23.1 Å². The van der Waals surface area contributed by atoms with E-state index in [-0.39, 0.29) is 11.8 Å². The molecule has 1 aromatic heterocycles. The van der Waals surface area contributed by atoms with E-state index in [9.17, 15) is 9.59 Å². The molecular weight excluding hydrogens is 296 g/mol. The molecule has 0 aliphatic heterocycles. The predicted octanol–water partition coefficient (Wildman–Crippen LogP) is 0.974. The van der Waals surface area contributed by atoms with Gasteiger partial charge >= 0.3 is 0 Å². The van der Waals surface area contributed by atoms with Gasteiger partial charge in [0.1, 0.15) is 16.1 Å². The Morgan fingerprint density at radius 1 is 1.35 bits per heavy atom. The highest BCUT2D eigenvalue weighted by atomic mass is 32.2. The van der Waals surface area contributed by atoms with Crippen molar-refractivity contribution in [2.75, 3.05) is 12.0 Å². The minimum atomic E-state index is -0.487. The Labute approximate surface area is 127 Å². The molecule has 2 N–H and O–H groups in total. The first-order valence-electron chi connectivity index (χ1n) is 6.41. The summed E-state index contributed by atoms with van der Waals surface area (Å²) >= 11 is 3.13. The zero-order valence-electron chi connectivity index (χ0n) is 11.9. The van der Waals surface area contributed by atoms with Crippen LogP contribution in [-0.2, 0) is 22.6 Å². The summed E-state index contributed by atoms with van der Waals surface area (Å²) in [6, 6.07) is -0.487. The lowest BCUT2D eigenvalue weighted by atomic mass is 10.2. The average Bonchev–Trinajstić information content (AvgIpc) is 2.88. The number of aromatic nitrogens is 2. The molecule has 2 amide bonds. The third-order valence-electron chi connectivity index (χ3n) is 2.53. The van der Waals surface area contributed by atoms with Gasteiger partial charge in [-0.05, 0) is 24.9 Å². The zero-order valence-corrected chi connectivity index (χ0v) is 13.6. The summed E-state index contributed by atoms with van der Waals surface area (Å²) in [5.41, 5.74) is 0. The monoisotopic (exact) mass is 316 g/mol. The standard InChI is InChI=1S/C12H20N4O2S2/c1-4-10-15-16-11(20-10)7-13-12(18)9(5-6-19-3)14-8(2)17/h9H,4-7H2,1-3H3,(H,13,18)(H,14,17). The van der Waals surface area contributed by atoms with E-state index in [4.69, 9.17) is 0 Å². The summed E-state index contributed by atoms with van der Waals surface area (Å²) < 4.78 is 0.